The monoisotopic (exact) mass is 319 g/mol. The minimum absolute atomic E-state index is 0.775. The Morgan fingerprint density at radius 3 is 2.16 bits per heavy atom. The van der Waals surface area contributed by atoms with Crippen LogP contribution in [0, 0.1) is 32.1 Å². The van der Waals surface area contributed by atoms with E-state index in [4.69, 9.17) is 0 Å². The molecule has 5 aromatic rings. The maximum absolute atomic E-state index is 9.83. The summed E-state index contributed by atoms with van der Waals surface area (Å²) in [7, 11) is 0. The number of hydrogen-bond donors (Lipinski definition) is 0. The summed E-state index contributed by atoms with van der Waals surface area (Å²) in [6, 6.07) is 19.8. The highest BCUT2D eigenvalue weighted by molar-refractivity contribution is 6.35. The van der Waals surface area contributed by atoms with Gasteiger partial charge in [0.25, 0.3) is 0 Å². The topological polar surface area (TPSA) is 23.8 Å². The molecule has 0 fully saturated rings. The van der Waals surface area contributed by atoms with E-state index >= 15 is 0 Å². The average molecular weight is 319 g/mol. The molecule has 5 aromatic carbocycles. The molecule has 0 atom stereocenters. The maximum Gasteiger partial charge on any atom is 0.0998 e. The van der Waals surface area contributed by atoms with Gasteiger partial charge in [0.1, 0.15) is 0 Å². The molecule has 1 heteroatoms. The summed E-state index contributed by atoms with van der Waals surface area (Å²) in [4.78, 5) is 0. The van der Waals surface area contributed by atoms with Crippen LogP contribution in [0.25, 0.3) is 43.1 Å². The Balaban J connectivity index is 2.33. The number of fused-ring (bicyclic) bond motifs is 2. The lowest BCUT2D eigenvalue weighted by Gasteiger charge is -2.19. The smallest absolute Gasteiger partial charge is 0.0998 e. The molecule has 0 aromatic heterocycles. The van der Waals surface area contributed by atoms with Crippen LogP contribution in [0.3, 0.4) is 0 Å². The number of nitrogens with zero attached hydrogens (tertiary/aromatic N) is 1. The van der Waals surface area contributed by atoms with Gasteiger partial charge in [-0.15, -0.1) is 0 Å². The number of hydrogen-bond acceptors (Lipinski definition) is 1. The van der Waals surface area contributed by atoms with Crippen LogP contribution in [0.2, 0.25) is 0 Å². The molecule has 1 nitrogen and oxygen atoms in total. The normalized spacial score (nSPS) is 11.8. The van der Waals surface area contributed by atoms with Crippen LogP contribution < -0.4 is 0 Å². The van der Waals surface area contributed by atoms with Crippen molar-refractivity contribution in [2.75, 3.05) is 0 Å². The van der Waals surface area contributed by atoms with Crippen molar-refractivity contribution >= 4 is 43.1 Å². The maximum atomic E-state index is 9.83. The van der Waals surface area contributed by atoms with Gasteiger partial charge in [0, 0.05) is 5.39 Å². The van der Waals surface area contributed by atoms with Crippen molar-refractivity contribution in [3.05, 3.63) is 70.8 Å². The Hall–Kier alpha value is -3.11. The highest BCUT2D eigenvalue weighted by atomic mass is 14.3. The van der Waals surface area contributed by atoms with E-state index in [1.54, 1.807) is 0 Å². The fourth-order valence-corrected chi connectivity index (χ4v) is 4.59. The van der Waals surface area contributed by atoms with E-state index < -0.39 is 0 Å². The summed E-state index contributed by atoms with van der Waals surface area (Å²) >= 11 is 0. The second kappa shape index (κ2) is 4.71. The predicted molar refractivity (Wildman–Crippen MR) is 107 cm³/mol. The van der Waals surface area contributed by atoms with Crippen molar-refractivity contribution in [3.8, 4) is 6.07 Å². The van der Waals surface area contributed by atoms with Crippen LogP contribution >= 0.6 is 0 Å². The minimum Gasteiger partial charge on any atom is -0.192 e. The van der Waals surface area contributed by atoms with Crippen molar-refractivity contribution in [2.45, 2.75) is 20.8 Å². The van der Waals surface area contributed by atoms with Gasteiger partial charge in [0.2, 0.25) is 0 Å². The second-order valence-electron chi connectivity index (χ2n) is 7.07. The third-order valence-electron chi connectivity index (χ3n) is 5.60. The molecule has 5 rings (SSSR count). The van der Waals surface area contributed by atoms with Crippen LogP contribution in [-0.2, 0) is 0 Å². The van der Waals surface area contributed by atoms with Gasteiger partial charge in [0.15, 0.2) is 0 Å². The first-order valence-electron chi connectivity index (χ1n) is 8.62. The highest BCUT2D eigenvalue weighted by Gasteiger charge is 2.18. The number of rotatable bonds is 0. The molecule has 25 heavy (non-hydrogen) atoms. The van der Waals surface area contributed by atoms with E-state index in [1.807, 2.05) is 6.07 Å². The molecular weight excluding hydrogens is 302 g/mol. The lowest BCUT2D eigenvalue weighted by molar-refractivity contribution is 1.45. The van der Waals surface area contributed by atoms with Crippen LogP contribution in [0.4, 0.5) is 0 Å². The highest BCUT2D eigenvalue weighted by Crippen LogP contribution is 2.44. The van der Waals surface area contributed by atoms with Gasteiger partial charge >= 0.3 is 0 Å². The molecule has 0 aliphatic carbocycles. The van der Waals surface area contributed by atoms with Crippen LogP contribution in [0.1, 0.15) is 22.3 Å². The fraction of sp³-hybridized carbons (Fsp3) is 0.125. The van der Waals surface area contributed by atoms with E-state index in [9.17, 15) is 5.26 Å². The quantitative estimate of drug-likeness (QED) is 0.235. The zero-order valence-corrected chi connectivity index (χ0v) is 14.6. The number of benzene rings is 5. The van der Waals surface area contributed by atoms with Crippen molar-refractivity contribution in [2.24, 2.45) is 0 Å². The van der Waals surface area contributed by atoms with Gasteiger partial charge < -0.3 is 0 Å². The minimum atomic E-state index is 0.775. The SMILES string of the molecule is Cc1ccc2c3c(C)ccc4cccc(c5c(C#N)cc(C)c1c25)c43. The standard InChI is InChI=1S/C24H17N/c1-13-8-10-19-21-14(2)7-9-16-5-4-6-18(22(16)21)23-17(12-25)11-15(3)20(13)24(19)23/h4-11H,1-3H3. The van der Waals surface area contributed by atoms with Crippen molar-refractivity contribution < 1.29 is 0 Å². The molecule has 0 aliphatic rings. The third kappa shape index (κ3) is 1.67. The lowest BCUT2D eigenvalue weighted by atomic mass is 9.84. The molecule has 118 valence electrons. The molecule has 0 N–H and O–H groups in total. The molecule has 0 saturated heterocycles. The van der Waals surface area contributed by atoms with E-state index in [1.165, 1.54) is 54.4 Å². The molecule has 0 bridgehead atoms. The van der Waals surface area contributed by atoms with Crippen LogP contribution in [-0.4, -0.2) is 0 Å². The lowest BCUT2D eigenvalue weighted by Crippen LogP contribution is -1.94. The largest absolute Gasteiger partial charge is 0.192 e. The van der Waals surface area contributed by atoms with Crippen LogP contribution in [0.5, 0.6) is 0 Å². The van der Waals surface area contributed by atoms with Gasteiger partial charge in [-0.05, 0) is 81.2 Å². The van der Waals surface area contributed by atoms with Gasteiger partial charge in [0.05, 0.1) is 11.6 Å². The van der Waals surface area contributed by atoms with Gasteiger partial charge in [-0.3, -0.25) is 0 Å². The summed E-state index contributed by atoms with van der Waals surface area (Å²) in [5.41, 5.74) is 4.51. The molecule has 0 unspecified atom stereocenters. The van der Waals surface area contributed by atoms with Crippen molar-refractivity contribution in [1.82, 2.24) is 0 Å². The molecule has 0 aliphatic heterocycles. The van der Waals surface area contributed by atoms with Crippen molar-refractivity contribution in [3.63, 3.8) is 0 Å². The molecule has 0 spiro atoms. The van der Waals surface area contributed by atoms with Crippen molar-refractivity contribution in [1.29, 1.82) is 5.26 Å². The molecule has 0 amide bonds. The summed E-state index contributed by atoms with van der Waals surface area (Å²) in [5.74, 6) is 0. The Morgan fingerprint density at radius 2 is 1.36 bits per heavy atom. The predicted octanol–water partition coefficient (Wildman–Crippen LogP) is 6.53. The Bertz CT molecular complexity index is 1370. The summed E-state index contributed by atoms with van der Waals surface area (Å²) in [6.07, 6.45) is 0. The first-order chi connectivity index (χ1) is 12.1. The Kier molecular flexibility index (Phi) is 2.68. The zero-order chi connectivity index (χ0) is 17.3. The third-order valence-corrected chi connectivity index (χ3v) is 5.60. The summed E-state index contributed by atoms with van der Waals surface area (Å²) in [6.45, 7) is 6.46. The van der Waals surface area contributed by atoms with E-state index in [2.05, 4.69) is 69.3 Å². The van der Waals surface area contributed by atoms with E-state index in [-0.39, 0.29) is 0 Å². The van der Waals surface area contributed by atoms with E-state index in [0.717, 1.165) is 10.9 Å². The average Bonchev–Trinajstić information content (AvgIpc) is 2.62. The van der Waals surface area contributed by atoms with E-state index in [0.29, 0.717) is 0 Å². The molecule has 0 radical (unpaired) electrons. The summed E-state index contributed by atoms with van der Waals surface area (Å²) in [5, 5.41) is 19.7. The fourth-order valence-electron chi connectivity index (χ4n) is 4.59. The number of nitriles is 1. The Morgan fingerprint density at radius 1 is 0.640 bits per heavy atom. The first kappa shape index (κ1) is 14.3. The summed E-state index contributed by atoms with van der Waals surface area (Å²) < 4.78 is 0. The Labute approximate surface area is 146 Å². The second-order valence-corrected chi connectivity index (χ2v) is 7.07. The molecule has 0 heterocycles. The van der Waals surface area contributed by atoms with Gasteiger partial charge in [-0.25, -0.2) is 0 Å². The van der Waals surface area contributed by atoms with Gasteiger partial charge in [-0.2, -0.15) is 5.26 Å². The van der Waals surface area contributed by atoms with Crippen LogP contribution in [0.15, 0.2) is 48.5 Å². The number of aryl methyl sites for hydroxylation is 3. The first-order valence-corrected chi connectivity index (χ1v) is 8.62. The molecular formula is C24H17N. The molecule has 0 saturated carbocycles. The van der Waals surface area contributed by atoms with Gasteiger partial charge in [-0.1, -0.05) is 42.5 Å². The zero-order valence-electron chi connectivity index (χ0n) is 14.6.